The maximum absolute atomic E-state index is 13.3. The number of hydrogen-bond donors (Lipinski definition) is 0. The van der Waals surface area contributed by atoms with E-state index in [4.69, 9.17) is 9.05 Å². The highest BCUT2D eigenvalue weighted by molar-refractivity contribution is 7.72. The molecule has 0 aromatic heterocycles. The van der Waals surface area contributed by atoms with Crippen LogP contribution in [0.15, 0.2) is 84.9 Å². The summed E-state index contributed by atoms with van der Waals surface area (Å²) in [5.74, 6) is 0.707. The van der Waals surface area contributed by atoms with Crippen LogP contribution in [0.2, 0.25) is 0 Å². The fraction of sp³-hybridized carbons (Fsp3) is 0.0455. The average Bonchev–Trinajstić information content (AvgIpc) is 2.68. The monoisotopic (exact) mass is 376 g/mol. The lowest BCUT2D eigenvalue weighted by molar-refractivity contribution is -0.111. The Balaban J connectivity index is 1.77. The quantitative estimate of drug-likeness (QED) is 0.390. The van der Waals surface area contributed by atoms with Gasteiger partial charge in [0.2, 0.25) is 0 Å². The molecule has 4 rings (SSSR count). The molecule has 0 saturated carbocycles. The van der Waals surface area contributed by atoms with Gasteiger partial charge in [0.05, 0.1) is 0 Å². The van der Waals surface area contributed by atoms with Crippen molar-refractivity contribution in [2.24, 2.45) is 0 Å². The Morgan fingerprint density at radius 2 is 1.07 bits per heavy atom. The van der Waals surface area contributed by atoms with E-state index in [1.54, 1.807) is 24.3 Å². The minimum atomic E-state index is -4.08. The molecule has 0 aliphatic carbocycles. The predicted octanol–water partition coefficient (Wildman–Crippen LogP) is 6.19. The van der Waals surface area contributed by atoms with E-state index in [2.05, 4.69) is 0 Å². The predicted molar refractivity (Wildman–Crippen MR) is 107 cm³/mol. The second-order valence-electron chi connectivity index (χ2n) is 6.15. The Labute approximate surface area is 156 Å². The first-order valence-electron chi connectivity index (χ1n) is 8.53. The van der Waals surface area contributed by atoms with Gasteiger partial charge >= 0.3 is 7.60 Å². The van der Waals surface area contributed by atoms with Crippen molar-refractivity contribution in [3.63, 3.8) is 0 Å². The highest BCUT2D eigenvalue weighted by Crippen LogP contribution is 2.51. The van der Waals surface area contributed by atoms with Crippen LogP contribution < -0.4 is 9.05 Å². The van der Waals surface area contributed by atoms with E-state index >= 15 is 0 Å². The normalized spacial score (nSPS) is 11.4. The van der Waals surface area contributed by atoms with Crippen molar-refractivity contribution in [3.05, 3.63) is 84.9 Å². The molecule has 0 saturated heterocycles. The van der Waals surface area contributed by atoms with Gasteiger partial charge in [-0.15, -0.1) is 0 Å². The molecule has 0 radical (unpaired) electrons. The molecule has 4 nitrogen and oxygen atoms in total. The summed E-state index contributed by atoms with van der Waals surface area (Å²) in [6.07, 6.45) is 0. The average molecular weight is 376 g/mol. The van der Waals surface area contributed by atoms with E-state index in [0.717, 1.165) is 21.5 Å². The molecule has 4 aromatic rings. The topological polar surface area (TPSA) is 52.6 Å². The minimum Gasteiger partial charge on any atom is -0.410 e. The van der Waals surface area contributed by atoms with Gasteiger partial charge in [-0.2, -0.15) is 0 Å². The Morgan fingerprint density at radius 3 is 1.52 bits per heavy atom. The van der Waals surface area contributed by atoms with Crippen molar-refractivity contribution in [2.45, 2.75) is 6.92 Å². The maximum Gasteiger partial charge on any atom is 0.498 e. The first-order valence-corrected chi connectivity index (χ1v) is 10.1. The van der Waals surface area contributed by atoms with Crippen molar-refractivity contribution in [1.82, 2.24) is 0 Å². The molecule has 0 atom stereocenters. The number of fused-ring (bicyclic) bond motifs is 2. The lowest BCUT2D eigenvalue weighted by atomic mass is 10.1. The van der Waals surface area contributed by atoms with Crippen molar-refractivity contribution in [3.8, 4) is 11.5 Å². The molecule has 0 bridgehead atoms. The molecule has 4 aromatic carbocycles. The molecule has 0 fully saturated rings. The second kappa shape index (κ2) is 6.90. The van der Waals surface area contributed by atoms with Gasteiger partial charge in [0, 0.05) is 17.7 Å². The van der Waals surface area contributed by atoms with E-state index in [1.165, 1.54) is 6.92 Å². The van der Waals surface area contributed by atoms with Crippen LogP contribution in [-0.2, 0) is 9.36 Å². The zero-order valence-corrected chi connectivity index (χ0v) is 15.6. The van der Waals surface area contributed by atoms with Crippen LogP contribution in [0.3, 0.4) is 0 Å². The number of hydrogen-bond acceptors (Lipinski definition) is 4. The van der Waals surface area contributed by atoms with Crippen LogP contribution in [0.25, 0.3) is 21.5 Å². The molecular weight excluding hydrogens is 359 g/mol. The van der Waals surface area contributed by atoms with E-state index in [1.807, 2.05) is 60.7 Å². The van der Waals surface area contributed by atoms with Crippen molar-refractivity contribution >= 4 is 34.7 Å². The fourth-order valence-electron chi connectivity index (χ4n) is 2.96. The summed E-state index contributed by atoms with van der Waals surface area (Å²) in [7, 11) is -4.08. The summed E-state index contributed by atoms with van der Waals surface area (Å²) in [6.45, 7) is 1.22. The third kappa shape index (κ3) is 3.32. The third-order valence-corrected chi connectivity index (χ3v) is 5.97. The lowest BCUT2D eigenvalue weighted by Crippen LogP contribution is -2.08. The Kier molecular flexibility index (Phi) is 4.43. The maximum atomic E-state index is 13.3. The van der Waals surface area contributed by atoms with Gasteiger partial charge < -0.3 is 9.05 Å². The fourth-order valence-corrected chi connectivity index (χ4v) is 4.09. The van der Waals surface area contributed by atoms with Crippen molar-refractivity contribution in [2.75, 3.05) is 0 Å². The molecule has 0 aliphatic heterocycles. The zero-order chi connectivity index (χ0) is 18.9. The highest BCUT2D eigenvalue weighted by atomic mass is 31.2. The molecule has 0 amide bonds. The van der Waals surface area contributed by atoms with E-state index < -0.39 is 13.1 Å². The molecule has 5 heteroatoms. The SMILES string of the molecule is CC(=O)P(=O)(Oc1cccc2ccccc12)Oc1cccc2ccccc12. The number of carbonyl (C=O) groups excluding carboxylic acids is 1. The van der Waals surface area contributed by atoms with Gasteiger partial charge in [0.15, 0.2) is 0 Å². The molecule has 0 heterocycles. The molecule has 0 spiro atoms. The van der Waals surface area contributed by atoms with Crippen molar-refractivity contribution in [1.29, 1.82) is 0 Å². The van der Waals surface area contributed by atoms with Crippen LogP contribution >= 0.6 is 7.60 Å². The summed E-state index contributed by atoms with van der Waals surface area (Å²) < 4.78 is 24.8. The summed E-state index contributed by atoms with van der Waals surface area (Å²) in [4.78, 5) is 12.2. The lowest BCUT2D eigenvalue weighted by Gasteiger charge is -2.19. The Morgan fingerprint density at radius 1 is 0.667 bits per heavy atom. The number of rotatable bonds is 5. The summed E-state index contributed by atoms with van der Waals surface area (Å²) in [6, 6.07) is 25.9. The van der Waals surface area contributed by atoms with E-state index in [-0.39, 0.29) is 0 Å². The molecule has 0 unspecified atom stereocenters. The van der Waals surface area contributed by atoms with Crippen molar-refractivity contribution < 1.29 is 18.4 Å². The molecule has 0 aliphatic rings. The molecular formula is C22H17O4P. The third-order valence-electron chi connectivity index (χ3n) is 4.32. The van der Waals surface area contributed by atoms with Gasteiger partial charge in [0.25, 0.3) is 5.52 Å². The van der Waals surface area contributed by atoms with E-state index in [0.29, 0.717) is 11.5 Å². The molecule has 134 valence electrons. The van der Waals surface area contributed by atoms with Crippen LogP contribution in [0.1, 0.15) is 6.92 Å². The van der Waals surface area contributed by atoms with Gasteiger partial charge in [0.1, 0.15) is 11.5 Å². The summed E-state index contributed by atoms with van der Waals surface area (Å²) in [5, 5.41) is 3.39. The standard InChI is InChI=1S/C22H17O4P/c1-16(23)27(24,25-21-14-6-10-17-8-2-4-12-19(17)21)26-22-15-7-11-18-9-3-5-13-20(18)22/h2-15H,1H3. The van der Waals surface area contributed by atoms with Gasteiger partial charge in [-0.1, -0.05) is 72.8 Å². The zero-order valence-electron chi connectivity index (χ0n) is 14.7. The second-order valence-corrected chi connectivity index (χ2v) is 8.14. The Hall–Kier alpha value is -3.10. The first kappa shape index (κ1) is 17.3. The van der Waals surface area contributed by atoms with Gasteiger partial charge in [-0.25, -0.2) is 4.57 Å². The smallest absolute Gasteiger partial charge is 0.410 e. The highest BCUT2D eigenvalue weighted by Gasteiger charge is 2.35. The largest absolute Gasteiger partial charge is 0.498 e. The van der Waals surface area contributed by atoms with Crippen LogP contribution in [0.4, 0.5) is 0 Å². The summed E-state index contributed by atoms with van der Waals surface area (Å²) >= 11 is 0. The summed E-state index contributed by atoms with van der Waals surface area (Å²) in [5.41, 5.74) is -0.650. The Bertz CT molecular complexity index is 1100. The van der Waals surface area contributed by atoms with Crippen LogP contribution in [0, 0.1) is 0 Å². The van der Waals surface area contributed by atoms with Crippen LogP contribution in [-0.4, -0.2) is 5.52 Å². The van der Waals surface area contributed by atoms with Gasteiger partial charge in [-0.3, -0.25) is 4.79 Å². The van der Waals surface area contributed by atoms with Crippen LogP contribution in [0.5, 0.6) is 11.5 Å². The minimum absolute atomic E-state index is 0.354. The van der Waals surface area contributed by atoms with E-state index in [9.17, 15) is 9.36 Å². The van der Waals surface area contributed by atoms with Gasteiger partial charge in [-0.05, 0) is 22.9 Å². The number of carbonyl (C=O) groups is 1. The number of benzene rings is 4. The molecule has 27 heavy (non-hydrogen) atoms. The first-order chi connectivity index (χ1) is 13.1. The molecule has 0 N–H and O–H groups in total.